The van der Waals surface area contributed by atoms with Crippen LogP contribution in [0.4, 0.5) is 4.79 Å². The number of aliphatic hydroxyl groups excluding tert-OH is 1. The number of aliphatic hydroxyl groups is 1. The average molecular weight is 230 g/mol. The highest BCUT2D eigenvalue weighted by atomic mass is 16.4. The molecule has 1 rings (SSSR count). The van der Waals surface area contributed by atoms with E-state index in [9.17, 15) is 9.59 Å². The quantitative estimate of drug-likeness (QED) is 0.549. The van der Waals surface area contributed by atoms with Crippen molar-refractivity contribution < 1.29 is 19.8 Å². The van der Waals surface area contributed by atoms with Crippen LogP contribution in [-0.2, 0) is 4.79 Å². The molecule has 4 N–H and O–H groups in total. The van der Waals surface area contributed by atoms with E-state index < -0.39 is 18.1 Å². The summed E-state index contributed by atoms with van der Waals surface area (Å²) in [6.45, 7) is -0.270. The average Bonchev–Trinajstić information content (AvgIpc) is 2.27. The van der Waals surface area contributed by atoms with Crippen LogP contribution in [0.2, 0.25) is 0 Å². The molecule has 0 unspecified atom stereocenters. The Kier molecular flexibility index (Phi) is 5.04. The summed E-state index contributed by atoms with van der Waals surface area (Å²) in [6.07, 6.45) is 3.82. The molecule has 0 spiro atoms. The lowest BCUT2D eigenvalue weighted by molar-refractivity contribution is -0.146. The summed E-state index contributed by atoms with van der Waals surface area (Å²) in [4.78, 5) is 21.6. The Morgan fingerprint density at radius 2 is 1.88 bits per heavy atom. The zero-order chi connectivity index (χ0) is 12.0. The molecule has 1 aliphatic rings. The highest BCUT2D eigenvalue weighted by molar-refractivity contribution is 5.76. The summed E-state index contributed by atoms with van der Waals surface area (Å²) < 4.78 is 0. The molecule has 0 radical (unpaired) electrons. The Morgan fingerprint density at radius 3 is 2.44 bits per heavy atom. The van der Waals surface area contributed by atoms with Gasteiger partial charge in [-0.2, -0.15) is 0 Å². The second-order valence-corrected chi connectivity index (χ2v) is 4.04. The first-order valence-corrected chi connectivity index (χ1v) is 5.55. The normalized spacial score (nSPS) is 18.8. The summed E-state index contributed by atoms with van der Waals surface area (Å²) in [5, 5.41) is 22.4. The third kappa shape index (κ3) is 4.48. The number of hydrogen-bond acceptors (Lipinski definition) is 3. The van der Waals surface area contributed by atoms with E-state index in [4.69, 9.17) is 10.2 Å². The summed E-state index contributed by atoms with van der Waals surface area (Å²) in [5.41, 5.74) is 0. The number of carbonyl (C=O) groups is 2. The molecule has 1 aliphatic carbocycles. The van der Waals surface area contributed by atoms with Crippen molar-refractivity contribution >= 4 is 12.0 Å². The molecular weight excluding hydrogens is 212 g/mol. The van der Waals surface area contributed by atoms with Crippen LogP contribution in [0.15, 0.2) is 0 Å². The summed E-state index contributed by atoms with van der Waals surface area (Å²) >= 11 is 0. The fourth-order valence-electron chi connectivity index (χ4n) is 1.76. The van der Waals surface area contributed by atoms with Crippen LogP contribution in [-0.4, -0.2) is 40.9 Å². The van der Waals surface area contributed by atoms with Crippen LogP contribution in [0.5, 0.6) is 0 Å². The number of amides is 2. The Labute approximate surface area is 94.0 Å². The van der Waals surface area contributed by atoms with Crippen LogP contribution in [0.1, 0.15) is 32.1 Å². The van der Waals surface area contributed by atoms with E-state index in [1.165, 1.54) is 6.42 Å². The molecule has 6 heteroatoms. The van der Waals surface area contributed by atoms with Gasteiger partial charge in [0, 0.05) is 6.04 Å². The molecule has 0 aromatic rings. The van der Waals surface area contributed by atoms with Crippen LogP contribution in [0, 0.1) is 0 Å². The van der Waals surface area contributed by atoms with Gasteiger partial charge in [0.1, 0.15) is 0 Å². The number of urea groups is 1. The largest absolute Gasteiger partial charge is 0.479 e. The van der Waals surface area contributed by atoms with Gasteiger partial charge in [-0.25, -0.2) is 9.59 Å². The molecule has 1 atom stereocenters. The molecule has 0 aromatic carbocycles. The van der Waals surface area contributed by atoms with E-state index in [1.807, 2.05) is 0 Å². The molecule has 1 fully saturated rings. The number of carbonyl (C=O) groups excluding carboxylic acids is 1. The standard InChI is InChI=1S/C10H18N2O4/c13-8(9(14)15)6-11-10(16)12-7-4-2-1-3-5-7/h7-8,13H,1-6H2,(H,14,15)(H2,11,12,16)/t8-/m1/s1. The SMILES string of the molecule is O=C(NC[C@@H](O)C(=O)O)NC1CCCCC1. The summed E-state index contributed by atoms with van der Waals surface area (Å²) in [5.74, 6) is -1.34. The van der Waals surface area contributed by atoms with E-state index in [-0.39, 0.29) is 12.6 Å². The molecule has 92 valence electrons. The topological polar surface area (TPSA) is 98.7 Å². The molecule has 0 aromatic heterocycles. The first-order chi connectivity index (χ1) is 7.59. The van der Waals surface area contributed by atoms with Gasteiger partial charge in [0.05, 0.1) is 6.54 Å². The molecule has 0 saturated heterocycles. The minimum Gasteiger partial charge on any atom is -0.479 e. The minimum absolute atomic E-state index is 0.177. The molecular formula is C10H18N2O4. The lowest BCUT2D eigenvalue weighted by atomic mass is 9.96. The Hall–Kier alpha value is -1.30. The van der Waals surface area contributed by atoms with Gasteiger partial charge in [-0.05, 0) is 12.8 Å². The van der Waals surface area contributed by atoms with E-state index in [2.05, 4.69) is 10.6 Å². The summed E-state index contributed by atoms with van der Waals surface area (Å²) in [7, 11) is 0. The Bertz CT molecular complexity index is 251. The molecule has 0 bridgehead atoms. The maximum Gasteiger partial charge on any atom is 0.334 e. The van der Waals surface area contributed by atoms with Crippen molar-refractivity contribution in [3.8, 4) is 0 Å². The van der Waals surface area contributed by atoms with Crippen LogP contribution < -0.4 is 10.6 Å². The number of hydrogen-bond donors (Lipinski definition) is 4. The van der Waals surface area contributed by atoms with Gasteiger partial charge in [-0.15, -0.1) is 0 Å². The fourth-order valence-corrected chi connectivity index (χ4v) is 1.76. The second kappa shape index (κ2) is 6.32. The van der Waals surface area contributed by atoms with Crippen molar-refractivity contribution in [1.29, 1.82) is 0 Å². The molecule has 2 amide bonds. The predicted octanol–water partition coefficient (Wildman–Crippen LogP) is 0.0638. The van der Waals surface area contributed by atoms with Crippen molar-refractivity contribution in [3.63, 3.8) is 0 Å². The Balaban J connectivity index is 2.17. The third-order valence-corrected chi connectivity index (χ3v) is 2.68. The predicted molar refractivity (Wildman–Crippen MR) is 57.1 cm³/mol. The number of aliphatic carboxylic acids is 1. The highest BCUT2D eigenvalue weighted by Gasteiger charge is 2.17. The van der Waals surface area contributed by atoms with Gasteiger partial charge in [-0.1, -0.05) is 19.3 Å². The number of rotatable bonds is 4. The monoisotopic (exact) mass is 230 g/mol. The molecule has 16 heavy (non-hydrogen) atoms. The number of nitrogens with one attached hydrogen (secondary N) is 2. The molecule has 1 saturated carbocycles. The first-order valence-electron chi connectivity index (χ1n) is 5.55. The summed E-state index contributed by atoms with van der Waals surface area (Å²) in [6, 6.07) is -0.233. The van der Waals surface area contributed by atoms with E-state index in [1.54, 1.807) is 0 Å². The molecule has 6 nitrogen and oxygen atoms in total. The van der Waals surface area contributed by atoms with Crippen molar-refractivity contribution in [2.45, 2.75) is 44.2 Å². The molecule has 0 heterocycles. The highest BCUT2D eigenvalue weighted by Crippen LogP contribution is 2.16. The lowest BCUT2D eigenvalue weighted by Crippen LogP contribution is -2.46. The zero-order valence-electron chi connectivity index (χ0n) is 9.11. The van der Waals surface area contributed by atoms with E-state index in [0.29, 0.717) is 0 Å². The molecule has 0 aliphatic heterocycles. The van der Waals surface area contributed by atoms with Crippen LogP contribution in [0.3, 0.4) is 0 Å². The van der Waals surface area contributed by atoms with Crippen molar-refractivity contribution in [2.24, 2.45) is 0 Å². The zero-order valence-corrected chi connectivity index (χ0v) is 9.11. The van der Waals surface area contributed by atoms with Gasteiger partial charge in [-0.3, -0.25) is 0 Å². The van der Waals surface area contributed by atoms with Crippen LogP contribution in [0.25, 0.3) is 0 Å². The van der Waals surface area contributed by atoms with Gasteiger partial charge in [0.15, 0.2) is 6.10 Å². The van der Waals surface area contributed by atoms with Crippen molar-refractivity contribution in [1.82, 2.24) is 10.6 Å². The van der Waals surface area contributed by atoms with Gasteiger partial charge in [0.25, 0.3) is 0 Å². The number of carboxylic acid groups (broad SMARTS) is 1. The van der Waals surface area contributed by atoms with Crippen molar-refractivity contribution in [3.05, 3.63) is 0 Å². The van der Waals surface area contributed by atoms with E-state index >= 15 is 0 Å². The maximum atomic E-state index is 11.3. The third-order valence-electron chi connectivity index (χ3n) is 2.68. The van der Waals surface area contributed by atoms with Gasteiger partial charge < -0.3 is 20.8 Å². The van der Waals surface area contributed by atoms with Gasteiger partial charge in [0.2, 0.25) is 0 Å². The Morgan fingerprint density at radius 1 is 1.25 bits per heavy atom. The first kappa shape index (κ1) is 12.8. The minimum atomic E-state index is -1.54. The van der Waals surface area contributed by atoms with Crippen LogP contribution >= 0.6 is 0 Å². The van der Waals surface area contributed by atoms with Gasteiger partial charge >= 0.3 is 12.0 Å². The van der Waals surface area contributed by atoms with E-state index in [0.717, 1.165) is 25.7 Å². The fraction of sp³-hybridized carbons (Fsp3) is 0.800. The second-order valence-electron chi connectivity index (χ2n) is 4.04. The smallest absolute Gasteiger partial charge is 0.334 e. The maximum absolute atomic E-state index is 11.3. The number of carboxylic acids is 1. The lowest BCUT2D eigenvalue weighted by Gasteiger charge is -2.23. The van der Waals surface area contributed by atoms with Crippen molar-refractivity contribution in [2.75, 3.05) is 6.54 Å².